The van der Waals surface area contributed by atoms with E-state index in [0.717, 1.165) is 70.5 Å². The fraction of sp³-hybridized carbons (Fsp3) is 1.00. The van der Waals surface area contributed by atoms with Gasteiger partial charge in [0.2, 0.25) is 0 Å². The van der Waals surface area contributed by atoms with Gasteiger partial charge in [-0.25, -0.2) is 4.36 Å². The lowest BCUT2D eigenvalue weighted by atomic mass is 9.93. The van der Waals surface area contributed by atoms with Gasteiger partial charge in [-0.3, -0.25) is 4.21 Å². The third kappa shape index (κ3) is 20.5. The quantitative estimate of drug-likeness (QED) is 0.0458. The summed E-state index contributed by atoms with van der Waals surface area (Å²) in [4.78, 5) is 0. The summed E-state index contributed by atoms with van der Waals surface area (Å²) < 4.78 is 34.8. The van der Waals surface area contributed by atoms with E-state index in [1.807, 2.05) is 0 Å². The lowest BCUT2D eigenvalue weighted by molar-refractivity contribution is -0.302. The molecule has 0 aromatic heterocycles. The lowest BCUT2D eigenvalue weighted by Gasteiger charge is -2.40. The van der Waals surface area contributed by atoms with Crippen molar-refractivity contribution in [3.8, 4) is 0 Å². The van der Waals surface area contributed by atoms with E-state index >= 15 is 0 Å². The number of hydrogen-bond acceptors (Lipinski definition) is 11. The molecule has 0 bridgehead atoms. The first-order valence-electron chi connectivity index (χ1n) is 21.1. The van der Waals surface area contributed by atoms with Gasteiger partial charge in [0.05, 0.1) is 19.3 Å². The summed E-state index contributed by atoms with van der Waals surface area (Å²) in [6, 6.07) is -1.07. The number of unbranched alkanes of at least 4 members (excludes halogenated alkanes) is 18. The Bertz CT molecular complexity index is 974. The van der Waals surface area contributed by atoms with Crippen LogP contribution in [-0.4, -0.2) is 122 Å². The zero-order valence-electron chi connectivity index (χ0n) is 32.9. The Balaban J connectivity index is 1.80. The van der Waals surface area contributed by atoms with Crippen molar-refractivity contribution in [2.75, 3.05) is 38.4 Å². The van der Waals surface area contributed by atoms with Crippen LogP contribution < -0.4 is 0 Å². The van der Waals surface area contributed by atoms with Crippen LogP contribution in [0.3, 0.4) is 0 Å². The van der Waals surface area contributed by atoms with Crippen molar-refractivity contribution in [1.29, 1.82) is 0 Å². The summed E-state index contributed by atoms with van der Waals surface area (Å²) in [5.74, 6) is 1.20. The summed E-state index contributed by atoms with van der Waals surface area (Å²) in [7, 11) is -2.74. The molecule has 0 saturated carbocycles. The third-order valence-electron chi connectivity index (χ3n) is 11.0. The molecule has 12 heteroatoms. The predicted molar refractivity (Wildman–Crippen MR) is 208 cm³/mol. The summed E-state index contributed by atoms with van der Waals surface area (Å²) in [6.07, 6.45) is 19.1. The molecule has 52 heavy (non-hydrogen) atoms. The van der Waals surface area contributed by atoms with Crippen LogP contribution in [-0.2, 0) is 23.9 Å². The molecule has 2 aliphatic heterocycles. The van der Waals surface area contributed by atoms with Crippen LogP contribution in [0.2, 0.25) is 0 Å². The Kier molecular flexibility index (Phi) is 26.5. The van der Waals surface area contributed by atoms with Crippen LogP contribution in [0, 0.1) is 5.92 Å². The van der Waals surface area contributed by atoms with Gasteiger partial charge in [0.1, 0.15) is 36.6 Å². The number of hydrogen-bond donors (Lipinski definition) is 6. The summed E-state index contributed by atoms with van der Waals surface area (Å²) in [5, 5.41) is 62.5. The molecule has 2 fully saturated rings. The van der Waals surface area contributed by atoms with E-state index in [-0.39, 0.29) is 6.61 Å². The Morgan fingerprint density at radius 3 is 1.81 bits per heavy atom. The first kappa shape index (κ1) is 47.7. The van der Waals surface area contributed by atoms with E-state index in [1.165, 1.54) is 96.3 Å². The number of nitrogens with zero attached hydrogens (tertiary/aromatic N) is 1. The molecule has 0 aromatic rings. The van der Waals surface area contributed by atoms with Crippen LogP contribution >= 0.6 is 0 Å². The lowest BCUT2D eigenvalue weighted by Crippen LogP contribution is -2.59. The molecule has 2 aliphatic rings. The fourth-order valence-electron chi connectivity index (χ4n) is 7.45. The van der Waals surface area contributed by atoms with E-state index < -0.39 is 65.3 Å². The van der Waals surface area contributed by atoms with Gasteiger partial charge in [0, 0.05) is 35.0 Å². The third-order valence-corrected chi connectivity index (χ3v) is 12.8. The zero-order chi connectivity index (χ0) is 38.0. The minimum atomic E-state index is -2.74. The molecule has 9 atom stereocenters. The average molecular weight is 766 g/mol. The van der Waals surface area contributed by atoms with E-state index in [4.69, 9.17) is 14.2 Å². The molecule has 6 N–H and O–H groups in total. The van der Waals surface area contributed by atoms with Crippen LogP contribution in [0.4, 0.5) is 0 Å². The minimum absolute atomic E-state index is 0.335. The number of rotatable bonds is 31. The molecule has 2 heterocycles. The number of ether oxygens (including phenoxy) is 3. The van der Waals surface area contributed by atoms with Crippen LogP contribution in [0.1, 0.15) is 161 Å². The Labute approximate surface area is 316 Å². The van der Waals surface area contributed by atoms with E-state index in [9.17, 15) is 34.8 Å². The average Bonchev–Trinajstić information content (AvgIpc) is 3.14. The first-order valence-corrected chi connectivity index (χ1v) is 23.2. The van der Waals surface area contributed by atoms with E-state index in [0.29, 0.717) is 12.2 Å². The largest absolute Gasteiger partial charge is 0.394 e. The highest BCUT2D eigenvalue weighted by atomic mass is 32.2. The van der Waals surface area contributed by atoms with Crippen molar-refractivity contribution in [1.82, 2.24) is 0 Å². The monoisotopic (exact) mass is 766 g/mol. The molecular weight excluding hydrogens is 687 g/mol. The maximum absolute atomic E-state index is 13.6. The van der Waals surface area contributed by atoms with Crippen LogP contribution in [0.15, 0.2) is 4.36 Å². The second-order valence-corrected chi connectivity index (χ2v) is 18.3. The van der Waals surface area contributed by atoms with Crippen molar-refractivity contribution >= 4 is 9.73 Å². The summed E-state index contributed by atoms with van der Waals surface area (Å²) in [6.45, 7) is 3.14. The molecule has 0 aliphatic carbocycles. The van der Waals surface area contributed by atoms with Crippen molar-refractivity contribution in [2.45, 2.75) is 210 Å². The Morgan fingerprint density at radius 2 is 1.25 bits per heavy atom. The molecule has 0 amide bonds. The molecule has 11 nitrogen and oxygen atoms in total. The van der Waals surface area contributed by atoms with Gasteiger partial charge in [-0.2, -0.15) is 0 Å². The molecule has 2 rings (SSSR count). The molecule has 0 radical (unpaired) electrons. The molecular formula is C40H79NO10S. The fourth-order valence-corrected chi connectivity index (χ4v) is 9.05. The summed E-state index contributed by atoms with van der Waals surface area (Å²) in [5.41, 5.74) is 0. The van der Waals surface area contributed by atoms with Crippen molar-refractivity contribution in [3.63, 3.8) is 0 Å². The Morgan fingerprint density at radius 1 is 0.731 bits per heavy atom. The normalized spacial score (nSPS) is 25.8. The van der Waals surface area contributed by atoms with Gasteiger partial charge in [0.25, 0.3) is 0 Å². The zero-order valence-corrected chi connectivity index (χ0v) is 33.7. The molecule has 310 valence electrons. The Hall–Kier alpha value is -0.410. The molecule has 2 saturated heterocycles. The van der Waals surface area contributed by atoms with Crippen molar-refractivity contribution in [2.24, 2.45) is 10.3 Å². The van der Waals surface area contributed by atoms with Crippen LogP contribution in [0.25, 0.3) is 0 Å². The maximum Gasteiger partial charge on any atom is 0.186 e. The molecule has 0 aromatic carbocycles. The van der Waals surface area contributed by atoms with Gasteiger partial charge in [0.15, 0.2) is 6.29 Å². The highest BCUT2D eigenvalue weighted by molar-refractivity contribution is 7.92. The van der Waals surface area contributed by atoms with Gasteiger partial charge >= 0.3 is 0 Å². The van der Waals surface area contributed by atoms with Crippen molar-refractivity contribution in [3.05, 3.63) is 0 Å². The maximum atomic E-state index is 13.6. The highest BCUT2D eigenvalue weighted by Crippen LogP contribution is 2.25. The number of aliphatic hydroxyl groups is 6. The van der Waals surface area contributed by atoms with Gasteiger partial charge in [-0.15, -0.1) is 0 Å². The molecule has 6 unspecified atom stereocenters. The molecule has 0 spiro atoms. The van der Waals surface area contributed by atoms with E-state index in [2.05, 4.69) is 11.3 Å². The topological polar surface area (TPSA) is 178 Å². The number of aliphatic hydroxyl groups excluding tert-OH is 6. The smallest absolute Gasteiger partial charge is 0.186 e. The highest BCUT2D eigenvalue weighted by Gasteiger charge is 2.44. The van der Waals surface area contributed by atoms with E-state index in [1.54, 1.807) is 6.26 Å². The summed E-state index contributed by atoms with van der Waals surface area (Å²) >= 11 is 0. The second kappa shape index (κ2) is 28.9. The van der Waals surface area contributed by atoms with Gasteiger partial charge in [-0.1, -0.05) is 135 Å². The predicted octanol–water partition coefficient (Wildman–Crippen LogP) is 6.02. The first-order chi connectivity index (χ1) is 25.1. The van der Waals surface area contributed by atoms with Crippen LogP contribution in [0.5, 0.6) is 0 Å². The SMILES string of the molecule is CCCCCCCCCCCCCC[C@@H](O)[C@@H](O)[C@H](COC1OC(CO)C(O)C(O)C1O)N=S(C)(=O)CCCCCCCCCCC1CCOCC1. The second-order valence-electron chi connectivity index (χ2n) is 15.8. The minimum Gasteiger partial charge on any atom is -0.394 e. The van der Waals surface area contributed by atoms with Gasteiger partial charge in [-0.05, 0) is 31.6 Å². The standard InChI is InChI=1S/C40H79NO10S/c1-3-4-5-6-7-8-9-10-11-15-18-21-24-34(43)36(44)33(31-50-40-39(47)38(46)37(45)35(30-42)51-40)41-52(2,48)29-22-19-16-13-12-14-17-20-23-32-25-27-49-28-26-32/h32-40,42-47H,3-31H2,1-2H3/t33-,34+,35?,36-,37?,38?,39?,40?,52?/m0/s1. The van der Waals surface area contributed by atoms with Crippen molar-refractivity contribution < 1.29 is 49.1 Å². The van der Waals surface area contributed by atoms with Gasteiger partial charge < -0.3 is 44.8 Å².